The molecule has 0 saturated heterocycles. The Labute approximate surface area is 143 Å². The molecule has 2 aromatic carbocycles. The smallest absolute Gasteiger partial charge is 0.251 e. The Bertz CT molecular complexity index is 680. The van der Waals surface area contributed by atoms with Crippen molar-refractivity contribution in [2.24, 2.45) is 0 Å². The molecule has 0 aliphatic carbocycles. The summed E-state index contributed by atoms with van der Waals surface area (Å²) in [7, 11) is 1.64. The third-order valence-electron chi connectivity index (χ3n) is 3.97. The second kappa shape index (κ2) is 8.39. The van der Waals surface area contributed by atoms with Gasteiger partial charge in [0, 0.05) is 5.56 Å². The van der Waals surface area contributed by atoms with E-state index in [2.05, 4.69) is 12.2 Å². The Kier molecular flexibility index (Phi) is 6.24. The molecular formula is C20H25NO3. The Hall–Kier alpha value is -2.49. The lowest BCUT2D eigenvalue weighted by Crippen LogP contribution is -2.28. The quantitative estimate of drug-likeness (QED) is 0.825. The van der Waals surface area contributed by atoms with Gasteiger partial charge in [0.15, 0.2) is 0 Å². The van der Waals surface area contributed by atoms with Crippen molar-refractivity contribution in [1.29, 1.82) is 0 Å². The number of amides is 1. The van der Waals surface area contributed by atoms with Crippen LogP contribution in [-0.4, -0.2) is 19.6 Å². The summed E-state index contributed by atoms with van der Waals surface area (Å²) in [5, 5.41) is 3.09. The number of benzene rings is 2. The lowest BCUT2D eigenvalue weighted by molar-refractivity contribution is 0.0935. The van der Waals surface area contributed by atoms with Gasteiger partial charge in [-0.25, -0.2) is 0 Å². The van der Waals surface area contributed by atoms with E-state index in [1.807, 2.05) is 50.2 Å². The van der Waals surface area contributed by atoms with Crippen molar-refractivity contribution in [3.63, 3.8) is 0 Å². The summed E-state index contributed by atoms with van der Waals surface area (Å²) in [6.45, 7) is 6.56. The molecular weight excluding hydrogens is 302 g/mol. The van der Waals surface area contributed by atoms with Crippen LogP contribution in [0.4, 0.5) is 0 Å². The molecule has 0 heterocycles. The highest BCUT2D eigenvalue weighted by Gasteiger charge is 2.15. The van der Waals surface area contributed by atoms with Crippen LogP contribution >= 0.6 is 0 Å². The van der Waals surface area contributed by atoms with Crippen LogP contribution in [0.1, 0.15) is 47.8 Å². The molecule has 0 aromatic heterocycles. The second-order valence-electron chi connectivity index (χ2n) is 5.62. The van der Waals surface area contributed by atoms with Crippen LogP contribution in [0.2, 0.25) is 0 Å². The fourth-order valence-corrected chi connectivity index (χ4v) is 2.61. The predicted octanol–water partition coefficient (Wildman–Crippen LogP) is 4.28. The minimum absolute atomic E-state index is 0.0321. The van der Waals surface area contributed by atoms with Gasteiger partial charge in [-0.05, 0) is 61.7 Å². The molecule has 1 unspecified atom stereocenters. The summed E-state index contributed by atoms with van der Waals surface area (Å²) in [4.78, 5) is 12.6. The lowest BCUT2D eigenvalue weighted by Gasteiger charge is -2.18. The van der Waals surface area contributed by atoms with E-state index in [-0.39, 0.29) is 11.9 Å². The van der Waals surface area contributed by atoms with Gasteiger partial charge in [0.2, 0.25) is 0 Å². The van der Waals surface area contributed by atoms with Gasteiger partial charge in [0.1, 0.15) is 11.5 Å². The van der Waals surface area contributed by atoms with Crippen LogP contribution in [0.25, 0.3) is 0 Å². The lowest BCUT2D eigenvalue weighted by atomic mass is 10.0. The summed E-state index contributed by atoms with van der Waals surface area (Å²) < 4.78 is 10.7. The number of ether oxygens (including phenoxy) is 2. The fraction of sp³-hybridized carbons (Fsp3) is 0.350. The highest BCUT2D eigenvalue weighted by Crippen LogP contribution is 2.22. The number of carbonyl (C=O) groups excluding carboxylic acids is 1. The Morgan fingerprint density at radius 3 is 2.38 bits per heavy atom. The minimum atomic E-state index is -0.0798. The summed E-state index contributed by atoms with van der Waals surface area (Å²) in [5.74, 6) is 1.54. The van der Waals surface area contributed by atoms with Crippen molar-refractivity contribution >= 4 is 5.91 Å². The van der Waals surface area contributed by atoms with E-state index in [4.69, 9.17) is 9.47 Å². The Balaban J connectivity index is 2.12. The van der Waals surface area contributed by atoms with E-state index in [1.54, 1.807) is 13.2 Å². The zero-order chi connectivity index (χ0) is 17.5. The molecule has 24 heavy (non-hydrogen) atoms. The van der Waals surface area contributed by atoms with Crippen molar-refractivity contribution in [3.8, 4) is 11.5 Å². The molecule has 2 aromatic rings. The first-order chi connectivity index (χ1) is 11.6. The van der Waals surface area contributed by atoms with Crippen LogP contribution in [0, 0.1) is 6.92 Å². The number of rotatable bonds is 7. The summed E-state index contributed by atoms with van der Waals surface area (Å²) in [6.07, 6.45) is 0.814. The molecule has 0 spiro atoms. The number of nitrogens with one attached hydrogen (secondary N) is 1. The first kappa shape index (κ1) is 17.9. The monoisotopic (exact) mass is 327 g/mol. The highest BCUT2D eigenvalue weighted by atomic mass is 16.5. The normalized spacial score (nSPS) is 11.7. The Morgan fingerprint density at radius 2 is 1.83 bits per heavy atom. The van der Waals surface area contributed by atoms with Crippen LogP contribution in [-0.2, 0) is 0 Å². The zero-order valence-corrected chi connectivity index (χ0v) is 14.8. The molecule has 2 rings (SSSR count). The molecule has 1 amide bonds. The molecule has 0 aliphatic heterocycles. The van der Waals surface area contributed by atoms with Gasteiger partial charge < -0.3 is 14.8 Å². The van der Waals surface area contributed by atoms with Crippen molar-refractivity contribution < 1.29 is 14.3 Å². The van der Waals surface area contributed by atoms with Crippen LogP contribution in [0.15, 0.2) is 42.5 Å². The Morgan fingerprint density at radius 1 is 1.12 bits per heavy atom. The highest BCUT2D eigenvalue weighted by molar-refractivity contribution is 5.94. The molecule has 4 heteroatoms. The van der Waals surface area contributed by atoms with Crippen molar-refractivity contribution in [2.75, 3.05) is 13.7 Å². The van der Waals surface area contributed by atoms with Gasteiger partial charge in [-0.15, -0.1) is 0 Å². The van der Waals surface area contributed by atoms with E-state index in [0.717, 1.165) is 29.0 Å². The standard InChI is InChI=1S/C20H25NO3/c1-5-18(15-7-10-17(23-4)11-8-15)21-20(22)16-9-12-19(24-6-2)14(3)13-16/h7-13,18H,5-6H2,1-4H3,(H,21,22). The predicted molar refractivity (Wildman–Crippen MR) is 95.8 cm³/mol. The van der Waals surface area contributed by atoms with Crippen molar-refractivity contribution in [2.45, 2.75) is 33.2 Å². The van der Waals surface area contributed by atoms with E-state index in [0.29, 0.717) is 12.2 Å². The molecule has 1 atom stereocenters. The molecule has 0 bridgehead atoms. The molecule has 4 nitrogen and oxygen atoms in total. The van der Waals surface area contributed by atoms with E-state index >= 15 is 0 Å². The van der Waals surface area contributed by atoms with Crippen LogP contribution < -0.4 is 14.8 Å². The van der Waals surface area contributed by atoms with Crippen LogP contribution in [0.3, 0.4) is 0 Å². The van der Waals surface area contributed by atoms with Crippen molar-refractivity contribution in [3.05, 3.63) is 59.2 Å². The maximum Gasteiger partial charge on any atom is 0.251 e. The fourth-order valence-electron chi connectivity index (χ4n) is 2.61. The van der Waals surface area contributed by atoms with Gasteiger partial charge in [-0.2, -0.15) is 0 Å². The largest absolute Gasteiger partial charge is 0.497 e. The minimum Gasteiger partial charge on any atom is -0.497 e. The molecule has 1 N–H and O–H groups in total. The topological polar surface area (TPSA) is 47.6 Å². The van der Waals surface area contributed by atoms with Gasteiger partial charge in [0.05, 0.1) is 19.8 Å². The maximum absolute atomic E-state index is 12.6. The summed E-state index contributed by atoms with van der Waals surface area (Å²) in [6, 6.07) is 13.3. The molecule has 0 fully saturated rings. The molecule has 0 saturated carbocycles. The summed E-state index contributed by atoms with van der Waals surface area (Å²) in [5.41, 5.74) is 2.67. The number of hydrogen-bond donors (Lipinski definition) is 1. The van der Waals surface area contributed by atoms with Gasteiger partial charge in [0.25, 0.3) is 5.91 Å². The van der Waals surface area contributed by atoms with Gasteiger partial charge >= 0.3 is 0 Å². The molecule has 0 radical (unpaired) electrons. The first-order valence-corrected chi connectivity index (χ1v) is 8.27. The number of carbonyl (C=O) groups is 1. The third kappa shape index (κ3) is 4.28. The molecule has 0 aliphatic rings. The number of aryl methyl sites for hydroxylation is 1. The SMILES string of the molecule is CCOc1ccc(C(=O)NC(CC)c2ccc(OC)cc2)cc1C. The number of methoxy groups -OCH3 is 1. The average Bonchev–Trinajstić information content (AvgIpc) is 2.61. The molecule has 128 valence electrons. The summed E-state index contributed by atoms with van der Waals surface area (Å²) >= 11 is 0. The van der Waals surface area contributed by atoms with Gasteiger partial charge in [-0.3, -0.25) is 4.79 Å². The number of hydrogen-bond acceptors (Lipinski definition) is 3. The first-order valence-electron chi connectivity index (χ1n) is 8.27. The second-order valence-corrected chi connectivity index (χ2v) is 5.62. The third-order valence-corrected chi connectivity index (χ3v) is 3.97. The average molecular weight is 327 g/mol. The van der Waals surface area contributed by atoms with Gasteiger partial charge in [-0.1, -0.05) is 19.1 Å². The van der Waals surface area contributed by atoms with Crippen molar-refractivity contribution in [1.82, 2.24) is 5.32 Å². The maximum atomic E-state index is 12.6. The van der Waals surface area contributed by atoms with E-state index < -0.39 is 0 Å². The van der Waals surface area contributed by atoms with Crippen LogP contribution in [0.5, 0.6) is 11.5 Å². The van der Waals surface area contributed by atoms with E-state index in [1.165, 1.54) is 0 Å². The van der Waals surface area contributed by atoms with E-state index in [9.17, 15) is 4.79 Å². The zero-order valence-electron chi connectivity index (χ0n) is 14.8.